The van der Waals surface area contributed by atoms with Crippen molar-refractivity contribution in [1.82, 2.24) is 4.98 Å². The van der Waals surface area contributed by atoms with E-state index >= 15 is 0 Å². The number of pyridine rings is 1. The standard InChI is InChI=1S/C25H23Cl2NO3S/c26-20-10-6-11-21(27)25(20)32-17-19-12-14-23(22(28-19)13-15-24(29)30)31-16-5-4-9-18-7-2-1-3-8-18/h1-3,6-8,10-15H,4-5,9,16-17H2,(H,29,30). The minimum absolute atomic E-state index is 0.485. The maximum atomic E-state index is 11.0. The molecule has 0 saturated carbocycles. The maximum absolute atomic E-state index is 11.0. The van der Waals surface area contributed by atoms with E-state index in [4.69, 9.17) is 33.0 Å². The Morgan fingerprint density at radius 1 is 1.00 bits per heavy atom. The molecule has 0 fully saturated rings. The van der Waals surface area contributed by atoms with Gasteiger partial charge in [0.2, 0.25) is 0 Å². The van der Waals surface area contributed by atoms with Gasteiger partial charge in [-0.3, -0.25) is 0 Å². The molecule has 0 radical (unpaired) electrons. The summed E-state index contributed by atoms with van der Waals surface area (Å²) in [5.41, 5.74) is 2.56. The van der Waals surface area contributed by atoms with Crippen LogP contribution in [0.25, 0.3) is 6.08 Å². The Bertz CT molecular complexity index is 1050. The monoisotopic (exact) mass is 487 g/mol. The normalized spacial score (nSPS) is 11.1. The first-order valence-corrected chi connectivity index (χ1v) is 11.9. The minimum atomic E-state index is -1.04. The van der Waals surface area contributed by atoms with Gasteiger partial charge >= 0.3 is 5.97 Å². The van der Waals surface area contributed by atoms with E-state index in [2.05, 4.69) is 17.1 Å². The number of benzene rings is 2. The van der Waals surface area contributed by atoms with Crippen LogP contribution in [0.15, 0.2) is 71.6 Å². The second kappa shape index (κ2) is 12.5. The Morgan fingerprint density at radius 3 is 2.47 bits per heavy atom. The summed E-state index contributed by atoms with van der Waals surface area (Å²) in [5, 5.41) is 10.2. The van der Waals surface area contributed by atoms with Crippen LogP contribution in [0.1, 0.15) is 29.8 Å². The summed E-state index contributed by atoms with van der Waals surface area (Å²) >= 11 is 14.0. The highest BCUT2D eigenvalue weighted by atomic mass is 35.5. The van der Waals surface area contributed by atoms with Crippen LogP contribution in [0.3, 0.4) is 0 Å². The van der Waals surface area contributed by atoms with E-state index in [1.807, 2.05) is 30.3 Å². The van der Waals surface area contributed by atoms with Gasteiger partial charge in [-0.1, -0.05) is 59.6 Å². The fourth-order valence-electron chi connectivity index (χ4n) is 3.00. The molecule has 166 valence electrons. The lowest BCUT2D eigenvalue weighted by molar-refractivity contribution is -0.131. The van der Waals surface area contributed by atoms with Crippen molar-refractivity contribution in [2.24, 2.45) is 0 Å². The van der Waals surface area contributed by atoms with Gasteiger partial charge in [-0.25, -0.2) is 9.78 Å². The number of unbranched alkanes of at least 4 members (excludes halogenated alkanes) is 1. The van der Waals surface area contributed by atoms with Gasteiger partial charge in [0, 0.05) is 16.7 Å². The Labute approximate surface area is 202 Å². The van der Waals surface area contributed by atoms with Gasteiger partial charge in [0.25, 0.3) is 0 Å². The average Bonchev–Trinajstić information content (AvgIpc) is 2.78. The third-order valence-electron chi connectivity index (χ3n) is 4.57. The Morgan fingerprint density at radius 2 is 1.75 bits per heavy atom. The number of carboxylic acid groups (broad SMARTS) is 1. The fourth-order valence-corrected chi connectivity index (χ4v) is 4.59. The third-order valence-corrected chi connectivity index (χ3v) is 6.59. The van der Waals surface area contributed by atoms with Gasteiger partial charge in [-0.05, 0) is 55.2 Å². The van der Waals surface area contributed by atoms with Gasteiger partial charge in [0.05, 0.1) is 22.3 Å². The van der Waals surface area contributed by atoms with E-state index in [0.717, 1.165) is 35.9 Å². The van der Waals surface area contributed by atoms with E-state index in [-0.39, 0.29) is 0 Å². The molecule has 3 aromatic rings. The number of halogens is 2. The maximum Gasteiger partial charge on any atom is 0.328 e. The highest BCUT2D eigenvalue weighted by Gasteiger charge is 2.10. The summed E-state index contributed by atoms with van der Waals surface area (Å²) < 4.78 is 5.91. The molecule has 0 amide bonds. The number of aryl methyl sites for hydroxylation is 1. The molecule has 0 spiro atoms. The van der Waals surface area contributed by atoms with Crippen LogP contribution in [0.2, 0.25) is 10.0 Å². The van der Waals surface area contributed by atoms with Crippen LogP contribution in [-0.2, 0) is 17.0 Å². The van der Waals surface area contributed by atoms with Crippen LogP contribution in [0, 0.1) is 0 Å². The van der Waals surface area contributed by atoms with Crippen LogP contribution in [-0.4, -0.2) is 22.7 Å². The van der Waals surface area contributed by atoms with E-state index in [1.165, 1.54) is 23.4 Å². The number of aromatic nitrogens is 1. The molecule has 0 aliphatic rings. The van der Waals surface area contributed by atoms with Gasteiger partial charge in [-0.2, -0.15) is 0 Å². The number of hydrogen-bond donors (Lipinski definition) is 1. The molecule has 0 saturated heterocycles. The molecule has 4 nitrogen and oxygen atoms in total. The van der Waals surface area contributed by atoms with Crippen LogP contribution in [0.5, 0.6) is 5.75 Å². The van der Waals surface area contributed by atoms with Gasteiger partial charge in [0.15, 0.2) is 0 Å². The fraction of sp³-hybridized carbons (Fsp3) is 0.200. The summed E-state index contributed by atoms with van der Waals surface area (Å²) in [7, 11) is 0. The largest absolute Gasteiger partial charge is 0.491 e. The first-order valence-electron chi connectivity index (χ1n) is 10.2. The highest BCUT2D eigenvalue weighted by molar-refractivity contribution is 7.98. The van der Waals surface area contributed by atoms with Gasteiger partial charge in [-0.15, -0.1) is 11.8 Å². The molecule has 32 heavy (non-hydrogen) atoms. The first-order chi connectivity index (χ1) is 15.5. The Balaban J connectivity index is 1.61. The topological polar surface area (TPSA) is 59.4 Å². The van der Waals surface area contributed by atoms with Crippen LogP contribution >= 0.6 is 35.0 Å². The molecular weight excluding hydrogens is 465 g/mol. The number of hydrogen-bond acceptors (Lipinski definition) is 4. The average molecular weight is 488 g/mol. The van der Waals surface area contributed by atoms with Crippen molar-refractivity contribution in [2.75, 3.05) is 6.61 Å². The zero-order valence-electron chi connectivity index (χ0n) is 17.3. The number of ether oxygens (including phenoxy) is 1. The SMILES string of the molecule is O=C(O)C=Cc1nc(CSc2c(Cl)cccc2Cl)ccc1OCCCCc1ccccc1. The summed E-state index contributed by atoms with van der Waals surface area (Å²) in [5.74, 6) is 0.0596. The number of nitrogens with zero attached hydrogens (tertiary/aromatic N) is 1. The number of rotatable bonds is 11. The van der Waals surface area contributed by atoms with Crippen molar-refractivity contribution in [2.45, 2.75) is 29.9 Å². The van der Waals surface area contributed by atoms with Crippen molar-refractivity contribution < 1.29 is 14.6 Å². The zero-order valence-corrected chi connectivity index (χ0v) is 19.7. The lowest BCUT2D eigenvalue weighted by atomic mass is 10.1. The third kappa shape index (κ3) is 7.59. The zero-order chi connectivity index (χ0) is 22.8. The van der Waals surface area contributed by atoms with Crippen LogP contribution < -0.4 is 4.74 Å². The summed E-state index contributed by atoms with van der Waals surface area (Å²) in [4.78, 5) is 16.4. The number of carboxylic acids is 1. The molecule has 2 aromatic carbocycles. The number of carbonyl (C=O) groups is 1. The molecule has 1 N–H and O–H groups in total. The quantitative estimate of drug-likeness (QED) is 0.176. The van der Waals surface area contributed by atoms with Gasteiger partial charge < -0.3 is 9.84 Å². The second-order valence-electron chi connectivity index (χ2n) is 6.99. The van der Waals surface area contributed by atoms with E-state index < -0.39 is 5.97 Å². The lowest BCUT2D eigenvalue weighted by Gasteiger charge is -2.11. The minimum Gasteiger partial charge on any atom is -0.491 e. The number of aliphatic carboxylic acids is 1. The van der Waals surface area contributed by atoms with Gasteiger partial charge in [0.1, 0.15) is 11.4 Å². The second-order valence-corrected chi connectivity index (χ2v) is 8.79. The lowest BCUT2D eigenvalue weighted by Crippen LogP contribution is -2.02. The Hall–Kier alpha value is -2.47. The molecule has 0 aliphatic carbocycles. The highest BCUT2D eigenvalue weighted by Crippen LogP contribution is 2.35. The van der Waals surface area contributed by atoms with Crippen molar-refractivity contribution >= 4 is 47.0 Å². The van der Waals surface area contributed by atoms with E-state index in [9.17, 15) is 4.79 Å². The predicted octanol–water partition coefficient (Wildman–Crippen LogP) is 7.18. The summed E-state index contributed by atoms with van der Waals surface area (Å²) in [6.07, 6.45) is 5.41. The summed E-state index contributed by atoms with van der Waals surface area (Å²) in [6, 6.07) is 19.4. The molecule has 0 bridgehead atoms. The van der Waals surface area contributed by atoms with Crippen molar-refractivity contribution in [1.29, 1.82) is 0 Å². The summed E-state index contributed by atoms with van der Waals surface area (Å²) in [6.45, 7) is 0.533. The molecule has 7 heteroatoms. The van der Waals surface area contributed by atoms with Crippen molar-refractivity contribution in [3.05, 3.63) is 93.7 Å². The smallest absolute Gasteiger partial charge is 0.328 e. The first kappa shape index (κ1) is 24.2. The predicted molar refractivity (Wildman–Crippen MR) is 132 cm³/mol. The molecule has 1 heterocycles. The van der Waals surface area contributed by atoms with Crippen molar-refractivity contribution in [3.8, 4) is 5.75 Å². The molecule has 3 rings (SSSR count). The molecule has 0 unspecified atom stereocenters. The molecular formula is C25H23Cl2NO3S. The van der Waals surface area contributed by atoms with Crippen molar-refractivity contribution in [3.63, 3.8) is 0 Å². The molecule has 1 aromatic heterocycles. The molecule has 0 atom stereocenters. The van der Waals surface area contributed by atoms with E-state index in [0.29, 0.717) is 33.8 Å². The van der Waals surface area contributed by atoms with Crippen LogP contribution in [0.4, 0.5) is 0 Å². The van der Waals surface area contributed by atoms with E-state index in [1.54, 1.807) is 18.2 Å². The molecule has 0 aliphatic heterocycles. The number of thioether (sulfide) groups is 1. The Kier molecular flexibility index (Phi) is 9.47.